The molecule has 0 aromatic heterocycles. The van der Waals surface area contributed by atoms with Crippen molar-refractivity contribution in [1.29, 1.82) is 5.26 Å². The van der Waals surface area contributed by atoms with E-state index in [4.69, 9.17) is 5.26 Å². The van der Waals surface area contributed by atoms with Crippen LogP contribution in [0.4, 0.5) is 4.39 Å². The summed E-state index contributed by atoms with van der Waals surface area (Å²) in [5.41, 5.74) is 0. The Morgan fingerprint density at radius 3 is 1.83 bits per heavy atom. The van der Waals surface area contributed by atoms with Crippen molar-refractivity contribution in [2.45, 2.75) is 82.9 Å². The zero-order valence-electron chi connectivity index (χ0n) is 14.6. The van der Waals surface area contributed by atoms with Gasteiger partial charge in [0.1, 0.15) is 6.17 Å². The minimum Gasteiger partial charge on any atom is -0.393 e. The van der Waals surface area contributed by atoms with Crippen molar-refractivity contribution in [2.24, 2.45) is 29.6 Å². The van der Waals surface area contributed by atoms with E-state index in [0.29, 0.717) is 30.1 Å². The molecule has 3 aliphatic carbocycles. The molecule has 2 nitrogen and oxygen atoms in total. The van der Waals surface area contributed by atoms with E-state index in [-0.39, 0.29) is 12.0 Å². The summed E-state index contributed by atoms with van der Waals surface area (Å²) in [5.74, 6) is 8.74. The second-order valence-corrected chi connectivity index (χ2v) is 8.23. The topological polar surface area (TPSA) is 44.0 Å². The van der Waals surface area contributed by atoms with Gasteiger partial charge in [0.15, 0.2) is 0 Å². The molecule has 0 saturated heterocycles. The fourth-order valence-corrected chi connectivity index (χ4v) is 4.91. The van der Waals surface area contributed by atoms with Gasteiger partial charge in [-0.2, -0.15) is 5.26 Å². The van der Waals surface area contributed by atoms with E-state index in [1.807, 2.05) is 0 Å². The lowest BCUT2D eigenvalue weighted by Crippen LogP contribution is -2.31. The van der Waals surface area contributed by atoms with Gasteiger partial charge in [-0.05, 0) is 82.5 Å². The summed E-state index contributed by atoms with van der Waals surface area (Å²) < 4.78 is 14.0. The van der Waals surface area contributed by atoms with E-state index in [1.54, 1.807) is 0 Å². The molecule has 0 radical (unpaired) electrons. The second-order valence-electron chi connectivity index (χ2n) is 8.23. The van der Waals surface area contributed by atoms with Crippen LogP contribution >= 0.6 is 0 Å². The first kappa shape index (κ1) is 17.8. The van der Waals surface area contributed by atoms with Gasteiger partial charge in [0.05, 0.1) is 18.1 Å². The van der Waals surface area contributed by atoms with Gasteiger partial charge >= 0.3 is 0 Å². The molecule has 0 aromatic rings. The monoisotopic (exact) mass is 331 g/mol. The summed E-state index contributed by atoms with van der Waals surface area (Å²) in [6.45, 7) is 0. The minimum atomic E-state index is -0.909. The molecule has 1 N–H and O–H groups in total. The van der Waals surface area contributed by atoms with Gasteiger partial charge in [-0.3, -0.25) is 0 Å². The maximum Gasteiger partial charge on any atom is 0.116 e. The van der Waals surface area contributed by atoms with Gasteiger partial charge in [-0.1, -0.05) is 11.8 Å². The molecule has 3 saturated carbocycles. The summed E-state index contributed by atoms with van der Waals surface area (Å²) in [4.78, 5) is 0. The number of rotatable bonds is 1. The molecule has 0 amide bonds. The van der Waals surface area contributed by atoms with Crippen LogP contribution in [0.25, 0.3) is 0 Å². The Morgan fingerprint density at radius 1 is 0.750 bits per heavy atom. The van der Waals surface area contributed by atoms with Crippen LogP contribution in [0.5, 0.6) is 0 Å². The number of hydrogen-bond donors (Lipinski definition) is 1. The van der Waals surface area contributed by atoms with E-state index >= 15 is 0 Å². The molecule has 3 rings (SSSR count). The molecule has 3 fully saturated rings. The maximum absolute atomic E-state index is 14.0. The van der Waals surface area contributed by atoms with Gasteiger partial charge < -0.3 is 5.11 Å². The van der Waals surface area contributed by atoms with Gasteiger partial charge in [0.2, 0.25) is 0 Å². The van der Waals surface area contributed by atoms with Crippen molar-refractivity contribution >= 4 is 0 Å². The van der Waals surface area contributed by atoms with Crippen LogP contribution in [-0.4, -0.2) is 17.4 Å². The molecule has 3 unspecified atom stereocenters. The molecule has 132 valence electrons. The zero-order valence-corrected chi connectivity index (χ0v) is 14.6. The van der Waals surface area contributed by atoms with Crippen molar-refractivity contribution in [1.82, 2.24) is 0 Å². The Labute approximate surface area is 145 Å². The Morgan fingerprint density at radius 2 is 1.29 bits per heavy atom. The normalized spacial score (nSPS) is 43.3. The Bertz CT molecular complexity index is 500. The first-order valence-corrected chi connectivity index (χ1v) is 9.88. The highest BCUT2D eigenvalue weighted by Crippen LogP contribution is 2.42. The molecule has 0 aromatic carbocycles. The molecule has 3 aliphatic rings. The fourth-order valence-electron chi connectivity index (χ4n) is 4.91. The summed E-state index contributed by atoms with van der Waals surface area (Å²) in [6.07, 6.45) is 9.93. The van der Waals surface area contributed by atoms with Crippen molar-refractivity contribution in [3.63, 3.8) is 0 Å². The predicted molar refractivity (Wildman–Crippen MR) is 92.5 cm³/mol. The standard InChI is InChI=1S/C21H30FNO/c22-21-13-18(9-10-19(21)14-23)17-7-3-15(4-8-17)1-2-16-5-11-20(24)12-6-16/h15-21,24H,3-13H2. The average molecular weight is 331 g/mol. The van der Waals surface area contributed by atoms with Gasteiger partial charge in [-0.15, -0.1) is 0 Å². The smallest absolute Gasteiger partial charge is 0.116 e. The summed E-state index contributed by atoms with van der Waals surface area (Å²) >= 11 is 0. The third-order valence-corrected chi connectivity index (χ3v) is 6.61. The number of halogens is 1. The van der Waals surface area contributed by atoms with E-state index in [1.165, 1.54) is 12.8 Å². The lowest BCUT2D eigenvalue weighted by molar-refractivity contribution is 0.101. The van der Waals surface area contributed by atoms with Gasteiger partial charge in [0, 0.05) is 11.8 Å². The van der Waals surface area contributed by atoms with Crippen LogP contribution in [-0.2, 0) is 0 Å². The van der Waals surface area contributed by atoms with Crippen molar-refractivity contribution in [3.8, 4) is 17.9 Å². The molecule has 24 heavy (non-hydrogen) atoms. The number of aliphatic hydroxyl groups is 1. The first-order chi connectivity index (χ1) is 11.7. The molecule has 0 bridgehead atoms. The number of alkyl halides is 1. The van der Waals surface area contributed by atoms with E-state index < -0.39 is 6.17 Å². The van der Waals surface area contributed by atoms with Crippen LogP contribution < -0.4 is 0 Å². The minimum absolute atomic E-state index is 0.103. The van der Waals surface area contributed by atoms with E-state index in [2.05, 4.69) is 17.9 Å². The number of hydrogen-bond acceptors (Lipinski definition) is 2. The number of aliphatic hydroxyl groups excluding tert-OH is 1. The second kappa shape index (κ2) is 8.35. The molecule has 0 heterocycles. The Hall–Kier alpha value is -1.06. The highest BCUT2D eigenvalue weighted by atomic mass is 19.1. The number of nitrogens with zero attached hydrogens (tertiary/aromatic N) is 1. The summed E-state index contributed by atoms with van der Waals surface area (Å²) in [6, 6.07) is 2.13. The first-order valence-electron chi connectivity index (χ1n) is 9.88. The van der Waals surface area contributed by atoms with Crippen LogP contribution in [0, 0.1) is 52.8 Å². The third kappa shape index (κ3) is 4.52. The van der Waals surface area contributed by atoms with Crippen molar-refractivity contribution < 1.29 is 9.50 Å². The maximum atomic E-state index is 14.0. The highest BCUT2D eigenvalue weighted by molar-refractivity contribution is 5.09. The van der Waals surface area contributed by atoms with Crippen molar-refractivity contribution in [2.75, 3.05) is 0 Å². The third-order valence-electron chi connectivity index (χ3n) is 6.61. The van der Waals surface area contributed by atoms with Crippen LogP contribution in [0.3, 0.4) is 0 Å². The Balaban J connectivity index is 1.42. The summed E-state index contributed by atoms with van der Waals surface area (Å²) in [5, 5.41) is 18.5. The SMILES string of the molecule is N#CC1CCC(C2CCC(C#CC3CCC(O)CC3)CC2)CC1F. The van der Waals surface area contributed by atoms with Gasteiger partial charge in [-0.25, -0.2) is 4.39 Å². The lowest BCUT2D eigenvalue weighted by Gasteiger charge is -2.37. The fraction of sp³-hybridized carbons (Fsp3) is 0.857. The largest absolute Gasteiger partial charge is 0.393 e. The zero-order chi connectivity index (χ0) is 16.9. The quantitative estimate of drug-likeness (QED) is 0.712. The molecule has 3 atom stereocenters. The molecule has 0 aliphatic heterocycles. The molecular weight excluding hydrogens is 301 g/mol. The molecule has 3 heteroatoms. The predicted octanol–water partition coefficient (Wildman–Crippen LogP) is 4.63. The summed E-state index contributed by atoms with van der Waals surface area (Å²) in [7, 11) is 0. The molecular formula is C21H30FNO. The van der Waals surface area contributed by atoms with Gasteiger partial charge in [0.25, 0.3) is 0 Å². The lowest BCUT2D eigenvalue weighted by atomic mass is 9.69. The molecule has 0 spiro atoms. The highest BCUT2D eigenvalue weighted by Gasteiger charge is 2.35. The van der Waals surface area contributed by atoms with Crippen LogP contribution in [0.15, 0.2) is 0 Å². The van der Waals surface area contributed by atoms with E-state index in [9.17, 15) is 9.50 Å². The van der Waals surface area contributed by atoms with Crippen molar-refractivity contribution in [3.05, 3.63) is 0 Å². The van der Waals surface area contributed by atoms with E-state index in [0.717, 1.165) is 51.4 Å². The van der Waals surface area contributed by atoms with Crippen LogP contribution in [0.2, 0.25) is 0 Å². The van der Waals surface area contributed by atoms with Crippen LogP contribution in [0.1, 0.15) is 70.6 Å². The Kier molecular flexibility index (Phi) is 6.18. The average Bonchev–Trinajstić information content (AvgIpc) is 2.61. The number of nitriles is 1.